The maximum atomic E-state index is 12.4. The Kier molecular flexibility index (Phi) is 3.90. The molecule has 0 bridgehead atoms. The number of amides is 1. The molecule has 2 aliphatic heterocycles. The van der Waals surface area contributed by atoms with E-state index in [9.17, 15) is 4.79 Å². The highest BCUT2D eigenvalue weighted by Crippen LogP contribution is 2.36. The zero-order valence-corrected chi connectivity index (χ0v) is 13.3. The molecule has 0 radical (unpaired) electrons. The molecule has 0 unspecified atom stereocenters. The van der Waals surface area contributed by atoms with Crippen LogP contribution < -0.4 is 4.74 Å². The number of hydrogen-bond donors (Lipinski definition) is 0. The monoisotopic (exact) mass is 325 g/mol. The summed E-state index contributed by atoms with van der Waals surface area (Å²) in [6.45, 7) is 1.86. The molecule has 4 rings (SSSR count). The summed E-state index contributed by atoms with van der Waals surface area (Å²) in [6, 6.07) is 9.12. The van der Waals surface area contributed by atoms with Gasteiger partial charge in [-0.05, 0) is 18.2 Å². The number of rotatable bonds is 3. The predicted molar refractivity (Wildman–Crippen MR) is 86.7 cm³/mol. The van der Waals surface area contributed by atoms with Crippen LogP contribution in [0.15, 0.2) is 48.9 Å². The molecule has 2 aliphatic rings. The average molecular weight is 325 g/mol. The van der Waals surface area contributed by atoms with Gasteiger partial charge in [-0.15, -0.1) is 0 Å². The molecule has 1 spiro atoms. The van der Waals surface area contributed by atoms with E-state index in [4.69, 9.17) is 9.47 Å². The molecular formula is C18H19N3O3. The topological polar surface area (TPSA) is 64.6 Å². The third-order valence-corrected chi connectivity index (χ3v) is 4.55. The van der Waals surface area contributed by atoms with Gasteiger partial charge in [0, 0.05) is 43.1 Å². The van der Waals surface area contributed by atoms with E-state index in [1.807, 2.05) is 23.1 Å². The Labute approximate surface area is 140 Å². The van der Waals surface area contributed by atoms with E-state index in [2.05, 4.69) is 9.97 Å². The van der Waals surface area contributed by atoms with Gasteiger partial charge in [0.25, 0.3) is 5.91 Å². The van der Waals surface area contributed by atoms with Crippen molar-refractivity contribution in [3.8, 4) is 5.88 Å². The van der Waals surface area contributed by atoms with Crippen LogP contribution in [0.2, 0.25) is 0 Å². The van der Waals surface area contributed by atoms with Crippen LogP contribution in [0, 0.1) is 0 Å². The van der Waals surface area contributed by atoms with E-state index in [0.717, 1.165) is 12.8 Å². The SMILES string of the molecule is O=C(c1ccncc1)N1CC2(C[C@@H](Oc3ccccn3)CCO2)C1. The number of aromatic nitrogens is 2. The number of nitrogens with zero attached hydrogens (tertiary/aromatic N) is 3. The van der Waals surface area contributed by atoms with Crippen LogP contribution in [0.3, 0.4) is 0 Å². The molecular weight excluding hydrogens is 306 g/mol. The van der Waals surface area contributed by atoms with E-state index in [-0.39, 0.29) is 17.6 Å². The lowest BCUT2D eigenvalue weighted by molar-refractivity contribution is -0.174. The maximum absolute atomic E-state index is 12.4. The Hall–Kier alpha value is -2.47. The minimum atomic E-state index is -0.277. The highest BCUT2D eigenvalue weighted by Gasteiger charge is 2.50. The molecule has 1 atom stereocenters. The van der Waals surface area contributed by atoms with Gasteiger partial charge in [0.1, 0.15) is 11.7 Å². The van der Waals surface area contributed by atoms with Gasteiger partial charge in [-0.25, -0.2) is 4.98 Å². The number of likely N-dealkylation sites (tertiary alicyclic amines) is 1. The van der Waals surface area contributed by atoms with Crippen LogP contribution in [0.5, 0.6) is 5.88 Å². The Bertz CT molecular complexity index is 702. The Morgan fingerprint density at radius 3 is 2.79 bits per heavy atom. The van der Waals surface area contributed by atoms with E-state index in [1.54, 1.807) is 30.7 Å². The first kappa shape index (κ1) is 15.1. The summed E-state index contributed by atoms with van der Waals surface area (Å²) in [5, 5.41) is 0. The van der Waals surface area contributed by atoms with E-state index < -0.39 is 0 Å². The van der Waals surface area contributed by atoms with Crippen molar-refractivity contribution in [1.29, 1.82) is 0 Å². The summed E-state index contributed by atoms with van der Waals surface area (Å²) in [7, 11) is 0. The molecule has 0 aliphatic carbocycles. The number of ether oxygens (including phenoxy) is 2. The molecule has 2 saturated heterocycles. The van der Waals surface area contributed by atoms with Crippen molar-refractivity contribution in [3.05, 3.63) is 54.5 Å². The van der Waals surface area contributed by atoms with Gasteiger partial charge in [-0.2, -0.15) is 0 Å². The van der Waals surface area contributed by atoms with Crippen molar-refractivity contribution in [2.45, 2.75) is 24.5 Å². The Balaban J connectivity index is 1.36. The fraction of sp³-hybridized carbons (Fsp3) is 0.389. The summed E-state index contributed by atoms with van der Waals surface area (Å²) in [5.74, 6) is 0.669. The molecule has 6 nitrogen and oxygen atoms in total. The van der Waals surface area contributed by atoms with Crippen molar-refractivity contribution in [3.63, 3.8) is 0 Å². The predicted octanol–water partition coefficient (Wildman–Crippen LogP) is 1.93. The molecule has 2 aromatic rings. The second-order valence-corrected chi connectivity index (χ2v) is 6.33. The quantitative estimate of drug-likeness (QED) is 0.863. The fourth-order valence-electron chi connectivity index (χ4n) is 3.36. The third-order valence-electron chi connectivity index (χ3n) is 4.55. The lowest BCUT2D eigenvalue weighted by Crippen LogP contribution is -2.67. The van der Waals surface area contributed by atoms with Crippen molar-refractivity contribution in [2.75, 3.05) is 19.7 Å². The molecule has 124 valence electrons. The van der Waals surface area contributed by atoms with Gasteiger partial charge < -0.3 is 14.4 Å². The van der Waals surface area contributed by atoms with Crippen molar-refractivity contribution >= 4 is 5.91 Å². The molecule has 2 fully saturated rings. The summed E-state index contributed by atoms with van der Waals surface area (Å²) in [5.41, 5.74) is 0.386. The second kappa shape index (κ2) is 6.20. The molecule has 0 saturated carbocycles. The first-order valence-corrected chi connectivity index (χ1v) is 8.15. The third kappa shape index (κ3) is 2.97. The Morgan fingerprint density at radius 1 is 1.21 bits per heavy atom. The maximum Gasteiger partial charge on any atom is 0.254 e. The molecule has 2 aromatic heterocycles. The van der Waals surface area contributed by atoms with Crippen molar-refractivity contribution < 1.29 is 14.3 Å². The molecule has 24 heavy (non-hydrogen) atoms. The number of carbonyl (C=O) groups is 1. The smallest absolute Gasteiger partial charge is 0.254 e. The zero-order valence-electron chi connectivity index (χ0n) is 13.3. The molecule has 1 amide bonds. The van der Waals surface area contributed by atoms with Gasteiger partial charge >= 0.3 is 0 Å². The van der Waals surface area contributed by atoms with Gasteiger partial charge in [0.05, 0.1) is 19.7 Å². The van der Waals surface area contributed by atoms with Crippen LogP contribution >= 0.6 is 0 Å². The van der Waals surface area contributed by atoms with Gasteiger partial charge in [-0.3, -0.25) is 9.78 Å². The van der Waals surface area contributed by atoms with Crippen LogP contribution in [-0.4, -0.2) is 52.2 Å². The van der Waals surface area contributed by atoms with E-state index >= 15 is 0 Å². The number of pyridine rings is 2. The van der Waals surface area contributed by atoms with E-state index in [1.165, 1.54) is 0 Å². The summed E-state index contributed by atoms with van der Waals surface area (Å²) >= 11 is 0. The van der Waals surface area contributed by atoms with Crippen molar-refractivity contribution in [1.82, 2.24) is 14.9 Å². The fourth-order valence-corrected chi connectivity index (χ4v) is 3.36. The van der Waals surface area contributed by atoms with E-state index in [0.29, 0.717) is 31.1 Å². The summed E-state index contributed by atoms with van der Waals surface area (Å²) in [4.78, 5) is 22.4. The van der Waals surface area contributed by atoms with Crippen LogP contribution in [0.4, 0.5) is 0 Å². The highest BCUT2D eigenvalue weighted by atomic mass is 16.5. The summed E-state index contributed by atoms with van der Waals surface area (Å²) in [6.07, 6.45) is 6.70. The first-order chi connectivity index (χ1) is 11.7. The van der Waals surface area contributed by atoms with Gasteiger partial charge in [0.15, 0.2) is 0 Å². The Morgan fingerprint density at radius 2 is 2.04 bits per heavy atom. The molecule has 6 heteroatoms. The molecule has 4 heterocycles. The lowest BCUT2D eigenvalue weighted by Gasteiger charge is -2.52. The standard InChI is InChI=1S/C18H19N3O3/c22-17(14-4-8-19-9-5-14)21-12-18(13-21)11-15(6-10-23-18)24-16-3-1-2-7-20-16/h1-5,7-9,15H,6,10-13H2/t15-/m0/s1. The molecule has 0 N–H and O–H groups in total. The minimum absolute atomic E-state index is 0.0272. The number of hydrogen-bond acceptors (Lipinski definition) is 5. The average Bonchev–Trinajstić information content (AvgIpc) is 2.61. The largest absolute Gasteiger partial charge is 0.474 e. The molecule has 0 aromatic carbocycles. The highest BCUT2D eigenvalue weighted by molar-refractivity contribution is 5.94. The summed E-state index contributed by atoms with van der Waals surface area (Å²) < 4.78 is 11.9. The second-order valence-electron chi connectivity index (χ2n) is 6.33. The zero-order chi connectivity index (χ0) is 16.4. The first-order valence-electron chi connectivity index (χ1n) is 8.15. The number of carbonyl (C=O) groups excluding carboxylic acids is 1. The van der Waals surface area contributed by atoms with Crippen LogP contribution in [0.1, 0.15) is 23.2 Å². The minimum Gasteiger partial charge on any atom is -0.474 e. The normalized spacial score (nSPS) is 22.0. The van der Waals surface area contributed by atoms with Crippen LogP contribution in [0.25, 0.3) is 0 Å². The lowest BCUT2D eigenvalue weighted by atomic mass is 9.84. The van der Waals surface area contributed by atoms with Crippen molar-refractivity contribution in [2.24, 2.45) is 0 Å². The van der Waals surface area contributed by atoms with Gasteiger partial charge in [-0.1, -0.05) is 6.07 Å². The van der Waals surface area contributed by atoms with Crippen LogP contribution in [-0.2, 0) is 4.74 Å². The van der Waals surface area contributed by atoms with Gasteiger partial charge in [0.2, 0.25) is 5.88 Å².